The fourth-order valence-electron chi connectivity index (χ4n) is 3.62. The number of fused-ring (bicyclic) bond motifs is 1. The summed E-state index contributed by atoms with van der Waals surface area (Å²) in [5.74, 6) is 0.841. The van der Waals surface area contributed by atoms with Crippen molar-refractivity contribution in [2.45, 2.75) is 59.2 Å². The van der Waals surface area contributed by atoms with E-state index in [2.05, 4.69) is 27.7 Å². The molecule has 1 aromatic heterocycles. The number of aromatic nitrogens is 2. The molecular formula is C23H28ClN3O. The molecule has 2 aromatic carbocycles. The van der Waals surface area contributed by atoms with Gasteiger partial charge in [-0.05, 0) is 51.0 Å². The molecule has 0 saturated heterocycles. The molecule has 1 amide bonds. The molecule has 0 saturated carbocycles. The molecule has 4 nitrogen and oxygen atoms in total. The van der Waals surface area contributed by atoms with Gasteiger partial charge in [-0.3, -0.25) is 4.79 Å². The Hall–Kier alpha value is -2.33. The molecule has 0 bridgehead atoms. The topological polar surface area (TPSA) is 38.1 Å². The van der Waals surface area contributed by atoms with Gasteiger partial charge in [-0.25, -0.2) is 4.98 Å². The van der Waals surface area contributed by atoms with Gasteiger partial charge in [0, 0.05) is 17.6 Å². The number of halogens is 1. The summed E-state index contributed by atoms with van der Waals surface area (Å²) < 4.78 is 2.00. The van der Waals surface area contributed by atoms with Crippen LogP contribution in [0.15, 0.2) is 48.5 Å². The predicted octanol–water partition coefficient (Wildman–Crippen LogP) is 5.78. The van der Waals surface area contributed by atoms with E-state index in [9.17, 15) is 4.79 Å². The molecule has 0 radical (unpaired) electrons. The summed E-state index contributed by atoms with van der Waals surface area (Å²) in [6, 6.07) is 15.9. The first-order valence-electron chi connectivity index (χ1n) is 9.99. The summed E-state index contributed by atoms with van der Waals surface area (Å²) in [6.07, 6.45) is 1.86. The Morgan fingerprint density at radius 2 is 1.64 bits per heavy atom. The minimum Gasteiger partial charge on any atom is -0.336 e. The number of rotatable bonds is 7. The zero-order valence-electron chi connectivity index (χ0n) is 17.0. The van der Waals surface area contributed by atoms with E-state index in [1.807, 2.05) is 58.0 Å². The third kappa shape index (κ3) is 3.93. The standard InChI is InChI=1S/C23H28ClN3O/c1-5-16(3)27(17(4)6-2)22(28)15-26-21-14-10-9-13-20(21)25-23(26)18-11-7-8-12-19(18)24/h7-14,16-17H,5-6,15H2,1-4H3. The van der Waals surface area contributed by atoms with Crippen LogP contribution in [0.2, 0.25) is 5.02 Å². The van der Waals surface area contributed by atoms with Gasteiger partial charge in [0.05, 0.1) is 16.1 Å². The fraction of sp³-hybridized carbons (Fsp3) is 0.391. The van der Waals surface area contributed by atoms with Crippen LogP contribution in [0.3, 0.4) is 0 Å². The van der Waals surface area contributed by atoms with Gasteiger partial charge in [-0.15, -0.1) is 0 Å². The normalized spacial score (nSPS) is 13.5. The number of carbonyl (C=O) groups excluding carboxylic acids is 1. The van der Waals surface area contributed by atoms with Crippen LogP contribution in [0.5, 0.6) is 0 Å². The Bertz CT molecular complexity index is 955. The third-order valence-corrected chi connectivity index (χ3v) is 5.81. The van der Waals surface area contributed by atoms with Gasteiger partial charge in [0.25, 0.3) is 0 Å². The first kappa shape index (κ1) is 20.4. The second-order valence-electron chi connectivity index (χ2n) is 7.31. The molecule has 0 spiro atoms. The average Bonchev–Trinajstić information content (AvgIpc) is 3.06. The molecule has 0 aliphatic heterocycles. The molecule has 2 atom stereocenters. The highest BCUT2D eigenvalue weighted by Crippen LogP contribution is 2.30. The van der Waals surface area contributed by atoms with Crippen LogP contribution in [0.25, 0.3) is 22.4 Å². The summed E-state index contributed by atoms with van der Waals surface area (Å²) >= 11 is 6.45. The minimum absolute atomic E-state index is 0.111. The van der Waals surface area contributed by atoms with E-state index in [4.69, 9.17) is 16.6 Å². The van der Waals surface area contributed by atoms with Gasteiger partial charge >= 0.3 is 0 Å². The molecular weight excluding hydrogens is 370 g/mol. The summed E-state index contributed by atoms with van der Waals surface area (Å²) in [5.41, 5.74) is 2.65. The lowest BCUT2D eigenvalue weighted by Gasteiger charge is -2.34. The lowest BCUT2D eigenvalue weighted by Crippen LogP contribution is -2.45. The van der Waals surface area contributed by atoms with Crippen LogP contribution < -0.4 is 0 Å². The fourth-order valence-corrected chi connectivity index (χ4v) is 3.84. The van der Waals surface area contributed by atoms with E-state index in [0.29, 0.717) is 5.02 Å². The summed E-state index contributed by atoms with van der Waals surface area (Å²) in [4.78, 5) is 20.2. The Labute approximate surface area is 172 Å². The SMILES string of the molecule is CCC(C)N(C(=O)Cn1c(-c2ccccc2Cl)nc2ccccc21)C(C)CC. The highest BCUT2D eigenvalue weighted by atomic mass is 35.5. The highest BCUT2D eigenvalue weighted by Gasteiger charge is 2.25. The van der Waals surface area contributed by atoms with E-state index < -0.39 is 0 Å². The number of amides is 1. The second kappa shape index (κ2) is 8.78. The van der Waals surface area contributed by atoms with Crippen molar-refractivity contribution >= 4 is 28.5 Å². The molecule has 0 aliphatic carbocycles. The Morgan fingerprint density at radius 1 is 1.04 bits per heavy atom. The third-order valence-electron chi connectivity index (χ3n) is 5.48. The van der Waals surface area contributed by atoms with Crippen molar-refractivity contribution in [1.82, 2.24) is 14.5 Å². The van der Waals surface area contributed by atoms with Gasteiger partial charge in [0.2, 0.25) is 5.91 Å². The number of benzene rings is 2. The Balaban J connectivity index is 2.08. The molecule has 5 heteroatoms. The highest BCUT2D eigenvalue weighted by molar-refractivity contribution is 6.33. The van der Waals surface area contributed by atoms with E-state index in [0.717, 1.165) is 35.3 Å². The largest absolute Gasteiger partial charge is 0.336 e. The number of carbonyl (C=O) groups is 1. The number of hydrogen-bond acceptors (Lipinski definition) is 2. The number of imidazole rings is 1. The Kier molecular flexibility index (Phi) is 6.40. The van der Waals surface area contributed by atoms with Crippen molar-refractivity contribution in [3.63, 3.8) is 0 Å². The van der Waals surface area contributed by atoms with Gasteiger partial charge in [-0.1, -0.05) is 49.7 Å². The molecule has 0 aliphatic rings. The maximum atomic E-state index is 13.4. The van der Waals surface area contributed by atoms with Crippen molar-refractivity contribution in [2.75, 3.05) is 0 Å². The predicted molar refractivity (Wildman–Crippen MR) is 117 cm³/mol. The average molecular weight is 398 g/mol. The van der Waals surface area contributed by atoms with Crippen molar-refractivity contribution < 1.29 is 4.79 Å². The van der Waals surface area contributed by atoms with Crippen LogP contribution in [0.4, 0.5) is 0 Å². The van der Waals surface area contributed by atoms with Crippen molar-refractivity contribution in [1.29, 1.82) is 0 Å². The van der Waals surface area contributed by atoms with Crippen molar-refractivity contribution in [3.05, 3.63) is 53.6 Å². The van der Waals surface area contributed by atoms with Crippen LogP contribution in [0, 0.1) is 0 Å². The lowest BCUT2D eigenvalue weighted by atomic mass is 10.1. The Morgan fingerprint density at radius 3 is 2.29 bits per heavy atom. The van der Waals surface area contributed by atoms with Crippen LogP contribution in [-0.4, -0.2) is 32.4 Å². The van der Waals surface area contributed by atoms with Gasteiger partial charge in [-0.2, -0.15) is 0 Å². The molecule has 148 valence electrons. The number of nitrogens with zero attached hydrogens (tertiary/aromatic N) is 3. The molecule has 1 heterocycles. The van der Waals surface area contributed by atoms with Crippen molar-refractivity contribution in [3.8, 4) is 11.4 Å². The molecule has 2 unspecified atom stereocenters. The van der Waals surface area contributed by atoms with Crippen LogP contribution in [0.1, 0.15) is 40.5 Å². The van der Waals surface area contributed by atoms with E-state index in [1.54, 1.807) is 0 Å². The van der Waals surface area contributed by atoms with Crippen LogP contribution >= 0.6 is 11.6 Å². The maximum absolute atomic E-state index is 13.4. The number of hydrogen-bond donors (Lipinski definition) is 0. The van der Waals surface area contributed by atoms with Crippen LogP contribution in [-0.2, 0) is 11.3 Å². The van der Waals surface area contributed by atoms with E-state index in [1.165, 1.54) is 0 Å². The maximum Gasteiger partial charge on any atom is 0.243 e. The van der Waals surface area contributed by atoms with E-state index in [-0.39, 0.29) is 24.5 Å². The van der Waals surface area contributed by atoms with Gasteiger partial charge in [0.1, 0.15) is 12.4 Å². The zero-order chi connectivity index (χ0) is 20.3. The molecule has 3 aromatic rings. The molecule has 0 fully saturated rings. The second-order valence-corrected chi connectivity index (χ2v) is 7.71. The molecule has 0 N–H and O–H groups in total. The summed E-state index contributed by atoms with van der Waals surface area (Å²) in [5, 5.41) is 0.632. The minimum atomic E-state index is 0.111. The zero-order valence-corrected chi connectivity index (χ0v) is 17.8. The number of para-hydroxylation sites is 2. The quantitative estimate of drug-likeness (QED) is 0.506. The lowest BCUT2D eigenvalue weighted by molar-refractivity contribution is -0.136. The molecule has 28 heavy (non-hydrogen) atoms. The van der Waals surface area contributed by atoms with Crippen molar-refractivity contribution in [2.24, 2.45) is 0 Å². The van der Waals surface area contributed by atoms with E-state index >= 15 is 0 Å². The smallest absolute Gasteiger partial charge is 0.243 e. The monoisotopic (exact) mass is 397 g/mol. The van der Waals surface area contributed by atoms with Gasteiger partial charge in [0.15, 0.2) is 0 Å². The summed E-state index contributed by atoms with van der Waals surface area (Å²) in [6.45, 7) is 8.72. The first-order chi connectivity index (χ1) is 13.5. The molecule has 3 rings (SSSR count). The summed E-state index contributed by atoms with van der Waals surface area (Å²) in [7, 11) is 0. The first-order valence-corrected chi connectivity index (χ1v) is 10.4. The van der Waals surface area contributed by atoms with Gasteiger partial charge < -0.3 is 9.47 Å².